The van der Waals surface area contributed by atoms with E-state index >= 15 is 0 Å². The van der Waals surface area contributed by atoms with Crippen LogP contribution in [0.25, 0.3) is 0 Å². The number of carbonyl (C=O) groups is 1. The van der Waals surface area contributed by atoms with Gasteiger partial charge in [-0.05, 0) is 31.9 Å². The predicted octanol–water partition coefficient (Wildman–Crippen LogP) is 2.58. The van der Waals surface area contributed by atoms with Crippen LogP contribution in [-0.2, 0) is 13.0 Å². The van der Waals surface area contributed by atoms with Crippen LogP contribution in [0.1, 0.15) is 47.5 Å². The lowest BCUT2D eigenvalue weighted by atomic mass is 10.0. The fourth-order valence-electron chi connectivity index (χ4n) is 2.87. The smallest absolute Gasteiger partial charge is 0.257 e. The van der Waals surface area contributed by atoms with Crippen LogP contribution in [0.3, 0.4) is 0 Å². The minimum atomic E-state index is 0.159. The topological polar surface area (TPSA) is 49.6 Å². The summed E-state index contributed by atoms with van der Waals surface area (Å²) in [5.74, 6) is 0.159. The average molecular weight is 295 g/mol. The van der Waals surface area contributed by atoms with E-state index in [1.54, 1.807) is 11.3 Å². The van der Waals surface area contributed by atoms with Gasteiger partial charge in [0.2, 0.25) is 0 Å². The van der Waals surface area contributed by atoms with E-state index in [0.29, 0.717) is 5.00 Å². The van der Waals surface area contributed by atoms with Crippen molar-refractivity contribution < 1.29 is 4.79 Å². The molecule has 1 saturated heterocycles. The molecule has 0 bridgehead atoms. The minimum absolute atomic E-state index is 0.159. The Labute approximate surface area is 125 Å². The number of amides is 1. The highest BCUT2D eigenvalue weighted by Crippen LogP contribution is 2.35. The van der Waals surface area contributed by atoms with Gasteiger partial charge in [-0.25, -0.2) is 0 Å². The summed E-state index contributed by atoms with van der Waals surface area (Å²) in [4.78, 5) is 18.0. The number of rotatable bonds is 1. The molecule has 0 aromatic carbocycles. The average Bonchev–Trinajstić information content (AvgIpc) is 3.06. The van der Waals surface area contributed by atoms with Crippen molar-refractivity contribution in [1.82, 2.24) is 9.80 Å². The minimum Gasteiger partial charge on any atom is -0.390 e. The Bertz CT molecular complexity index is 478. The molecule has 2 aliphatic heterocycles. The highest BCUT2D eigenvalue weighted by molar-refractivity contribution is 7.16. The molecule has 5 heteroatoms. The Hall–Kier alpha value is -1.07. The number of fused-ring (bicyclic) bond motifs is 1. The van der Waals surface area contributed by atoms with Gasteiger partial charge in [-0.2, -0.15) is 0 Å². The van der Waals surface area contributed by atoms with E-state index in [9.17, 15) is 4.79 Å². The second-order valence-corrected chi connectivity index (χ2v) is 6.37. The summed E-state index contributed by atoms with van der Waals surface area (Å²) in [5.41, 5.74) is 8.11. The first-order chi connectivity index (χ1) is 9.66. The zero-order valence-corrected chi connectivity index (χ0v) is 13.6. The molecule has 2 N–H and O–H groups in total. The van der Waals surface area contributed by atoms with Crippen LogP contribution in [0.15, 0.2) is 0 Å². The van der Waals surface area contributed by atoms with Crippen LogP contribution >= 0.6 is 11.3 Å². The molecule has 4 nitrogen and oxygen atoms in total. The number of likely N-dealkylation sites (N-methyl/N-ethyl adjacent to an activating group) is 1. The van der Waals surface area contributed by atoms with Crippen LogP contribution in [0.4, 0.5) is 5.00 Å². The Morgan fingerprint density at radius 2 is 1.85 bits per heavy atom. The third kappa shape index (κ3) is 2.83. The number of anilines is 1. The molecule has 0 atom stereocenters. The molecule has 1 aromatic rings. The summed E-state index contributed by atoms with van der Waals surface area (Å²) in [7, 11) is 2.11. The van der Waals surface area contributed by atoms with Gasteiger partial charge in [-0.3, -0.25) is 4.79 Å². The number of likely N-dealkylation sites (tertiary alicyclic amines) is 1. The van der Waals surface area contributed by atoms with Crippen molar-refractivity contribution in [3.63, 3.8) is 0 Å². The molecule has 0 spiro atoms. The molecule has 20 heavy (non-hydrogen) atoms. The highest BCUT2D eigenvalue weighted by atomic mass is 32.1. The summed E-state index contributed by atoms with van der Waals surface area (Å²) in [5, 5.41) is 0.715. The Balaban J connectivity index is 0.000000704. The maximum absolute atomic E-state index is 12.5. The van der Waals surface area contributed by atoms with Crippen LogP contribution in [0.5, 0.6) is 0 Å². The lowest BCUT2D eigenvalue weighted by molar-refractivity contribution is 0.0792. The molecule has 0 aliphatic carbocycles. The second-order valence-electron chi connectivity index (χ2n) is 5.23. The van der Waals surface area contributed by atoms with Gasteiger partial charge in [0, 0.05) is 31.1 Å². The molecule has 1 fully saturated rings. The van der Waals surface area contributed by atoms with Gasteiger partial charge >= 0.3 is 0 Å². The van der Waals surface area contributed by atoms with Gasteiger partial charge in [0.1, 0.15) is 0 Å². The van der Waals surface area contributed by atoms with Crippen molar-refractivity contribution in [2.24, 2.45) is 0 Å². The Morgan fingerprint density at radius 1 is 1.20 bits per heavy atom. The van der Waals surface area contributed by atoms with Crippen LogP contribution in [0.2, 0.25) is 0 Å². The van der Waals surface area contributed by atoms with E-state index in [0.717, 1.165) is 51.0 Å². The summed E-state index contributed by atoms with van der Waals surface area (Å²) in [6, 6.07) is 0. The second kappa shape index (κ2) is 6.59. The van der Waals surface area contributed by atoms with Crippen molar-refractivity contribution in [2.75, 3.05) is 32.4 Å². The number of nitrogen functional groups attached to an aromatic ring is 1. The quantitative estimate of drug-likeness (QED) is 0.866. The maximum atomic E-state index is 12.5. The zero-order valence-electron chi connectivity index (χ0n) is 12.7. The molecule has 2 aliphatic rings. The van der Waals surface area contributed by atoms with E-state index in [2.05, 4.69) is 11.9 Å². The number of nitrogens with zero attached hydrogens (tertiary/aromatic N) is 2. The third-order valence-corrected chi connectivity index (χ3v) is 4.93. The molecule has 0 unspecified atom stereocenters. The largest absolute Gasteiger partial charge is 0.390 e. The highest BCUT2D eigenvalue weighted by Gasteiger charge is 2.29. The predicted molar refractivity (Wildman–Crippen MR) is 85.3 cm³/mol. The van der Waals surface area contributed by atoms with Gasteiger partial charge in [-0.1, -0.05) is 13.8 Å². The summed E-state index contributed by atoms with van der Waals surface area (Å²) in [6.45, 7) is 7.73. The molecule has 0 saturated carbocycles. The number of hydrogen-bond donors (Lipinski definition) is 1. The summed E-state index contributed by atoms with van der Waals surface area (Å²) in [6.07, 6.45) is 3.20. The normalized spacial score (nSPS) is 18.4. The molecular weight excluding hydrogens is 270 g/mol. The van der Waals surface area contributed by atoms with Crippen LogP contribution in [0, 0.1) is 0 Å². The van der Waals surface area contributed by atoms with Crippen molar-refractivity contribution in [3.8, 4) is 0 Å². The van der Waals surface area contributed by atoms with Gasteiger partial charge in [0.15, 0.2) is 0 Å². The lowest BCUT2D eigenvalue weighted by Gasteiger charge is -2.23. The molecule has 3 rings (SSSR count). The molecule has 1 aromatic heterocycles. The molecule has 1 amide bonds. The Kier molecular flexibility index (Phi) is 5.05. The van der Waals surface area contributed by atoms with Crippen molar-refractivity contribution in [2.45, 2.75) is 39.7 Å². The monoisotopic (exact) mass is 295 g/mol. The van der Waals surface area contributed by atoms with E-state index in [-0.39, 0.29) is 5.91 Å². The van der Waals surface area contributed by atoms with Crippen LogP contribution < -0.4 is 5.73 Å². The fourth-order valence-corrected chi connectivity index (χ4v) is 4.06. The van der Waals surface area contributed by atoms with Crippen molar-refractivity contribution in [3.05, 3.63) is 16.0 Å². The zero-order chi connectivity index (χ0) is 14.7. The SMILES string of the molecule is CC.CN1CCc2c(sc(N)c2C(=O)N2CCCC2)C1. The van der Waals surface area contributed by atoms with Crippen molar-refractivity contribution >= 4 is 22.2 Å². The van der Waals surface area contributed by atoms with E-state index < -0.39 is 0 Å². The lowest BCUT2D eigenvalue weighted by Crippen LogP contribution is -2.31. The van der Waals surface area contributed by atoms with Crippen LogP contribution in [-0.4, -0.2) is 42.4 Å². The van der Waals surface area contributed by atoms with E-state index in [1.165, 1.54) is 10.4 Å². The maximum Gasteiger partial charge on any atom is 0.257 e. The van der Waals surface area contributed by atoms with Gasteiger partial charge in [0.25, 0.3) is 5.91 Å². The Morgan fingerprint density at radius 3 is 2.50 bits per heavy atom. The number of thiophene rings is 1. The first kappa shape index (κ1) is 15.3. The van der Waals surface area contributed by atoms with Gasteiger partial charge in [-0.15, -0.1) is 11.3 Å². The van der Waals surface area contributed by atoms with Crippen molar-refractivity contribution in [1.29, 1.82) is 0 Å². The number of nitrogens with two attached hydrogens (primary N) is 1. The summed E-state index contributed by atoms with van der Waals surface area (Å²) >= 11 is 1.60. The first-order valence-electron chi connectivity index (χ1n) is 7.54. The molecular formula is C15H25N3OS. The standard InChI is InChI=1S/C13H19N3OS.C2H6/c1-15-7-4-9-10(8-15)18-12(14)11(9)13(17)16-5-2-3-6-16;1-2/h2-8,14H2,1H3;1-2H3. The van der Waals surface area contributed by atoms with E-state index in [1.807, 2.05) is 18.7 Å². The molecule has 0 radical (unpaired) electrons. The number of carbonyl (C=O) groups excluding carboxylic acids is 1. The number of hydrogen-bond acceptors (Lipinski definition) is 4. The van der Waals surface area contributed by atoms with Gasteiger partial charge < -0.3 is 15.5 Å². The molecule has 112 valence electrons. The van der Waals surface area contributed by atoms with Gasteiger partial charge in [0.05, 0.1) is 10.6 Å². The fraction of sp³-hybridized carbons (Fsp3) is 0.667. The molecule has 3 heterocycles. The van der Waals surface area contributed by atoms with E-state index in [4.69, 9.17) is 5.73 Å². The third-order valence-electron chi connectivity index (χ3n) is 3.88. The first-order valence-corrected chi connectivity index (χ1v) is 8.36. The summed E-state index contributed by atoms with van der Waals surface area (Å²) < 4.78 is 0.